The zero-order valence-corrected chi connectivity index (χ0v) is 20.3. The van der Waals surface area contributed by atoms with Crippen LogP contribution in [0.1, 0.15) is 49.2 Å². The molecule has 1 aromatic carbocycles. The first-order valence-corrected chi connectivity index (χ1v) is 11.9. The average molecular weight is 478 g/mol. The van der Waals surface area contributed by atoms with Crippen LogP contribution in [0.25, 0.3) is 5.76 Å². The van der Waals surface area contributed by atoms with E-state index in [2.05, 4.69) is 0 Å². The van der Waals surface area contributed by atoms with Crippen LogP contribution in [0.2, 0.25) is 5.02 Å². The topological polar surface area (TPSA) is 76.1 Å². The number of carbonyl (C=O) groups excluding carboxylic acids is 2. The van der Waals surface area contributed by atoms with Crippen molar-refractivity contribution in [1.82, 2.24) is 4.90 Å². The zero-order chi connectivity index (χ0) is 23.4. The summed E-state index contributed by atoms with van der Waals surface area (Å²) in [7, 11) is 0. The summed E-state index contributed by atoms with van der Waals surface area (Å²) in [5.74, 6) is -1.13. The number of hydrogen-bond acceptors (Lipinski definition) is 6. The number of carbonyl (C=O) groups is 2. The molecule has 172 valence electrons. The Morgan fingerprint density at radius 3 is 2.66 bits per heavy atom. The molecule has 3 rings (SSSR count). The molecular formula is C24H28ClNO5S. The molecule has 1 N–H and O–H groups in total. The number of thiophene rings is 1. The molecule has 8 heteroatoms. The Morgan fingerprint density at radius 1 is 1.28 bits per heavy atom. The highest BCUT2D eigenvalue weighted by molar-refractivity contribution is 7.10. The highest BCUT2D eigenvalue weighted by Gasteiger charge is 2.47. The largest absolute Gasteiger partial charge is 0.507 e. The molecule has 0 bridgehead atoms. The summed E-state index contributed by atoms with van der Waals surface area (Å²) in [4.78, 5) is 28.5. The van der Waals surface area contributed by atoms with E-state index in [0.29, 0.717) is 31.9 Å². The van der Waals surface area contributed by atoms with E-state index in [9.17, 15) is 14.7 Å². The number of benzene rings is 1. The lowest BCUT2D eigenvalue weighted by Crippen LogP contribution is -2.31. The Kier molecular flexibility index (Phi) is 7.98. The fraction of sp³-hybridized carbons (Fsp3) is 0.417. The Labute approximate surface area is 197 Å². The summed E-state index contributed by atoms with van der Waals surface area (Å²) in [6.07, 6.45) is 0.660. The molecule has 0 aliphatic carbocycles. The first kappa shape index (κ1) is 24.3. The lowest BCUT2D eigenvalue weighted by Gasteiger charge is -2.25. The fourth-order valence-electron chi connectivity index (χ4n) is 3.69. The van der Waals surface area contributed by atoms with E-state index in [-0.39, 0.29) is 28.0 Å². The molecule has 6 nitrogen and oxygen atoms in total. The molecule has 1 fully saturated rings. The minimum Gasteiger partial charge on any atom is -0.507 e. The number of ketones is 1. The predicted molar refractivity (Wildman–Crippen MR) is 126 cm³/mol. The second-order valence-electron chi connectivity index (χ2n) is 7.81. The SMILES string of the molecule is CCOc1ccc(Cl)c(/C(O)=C2\C(=O)C(=O)N(CCCOC(C)C)C2c2sccc2C)c1. The minimum atomic E-state index is -0.719. The van der Waals surface area contributed by atoms with Crippen molar-refractivity contribution in [3.8, 4) is 5.75 Å². The summed E-state index contributed by atoms with van der Waals surface area (Å²) in [6.45, 7) is 8.92. The van der Waals surface area contributed by atoms with Gasteiger partial charge < -0.3 is 19.5 Å². The van der Waals surface area contributed by atoms with Gasteiger partial charge in [-0.1, -0.05) is 11.6 Å². The molecule has 2 heterocycles. The fourth-order valence-corrected chi connectivity index (χ4v) is 4.94. The van der Waals surface area contributed by atoms with Gasteiger partial charge in [-0.3, -0.25) is 9.59 Å². The Hall–Kier alpha value is -2.35. The number of Topliss-reactive ketones (excluding diaryl/α,β-unsaturated/α-hetero) is 1. The van der Waals surface area contributed by atoms with E-state index < -0.39 is 17.7 Å². The average Bonchev–Trinajstić information content (AvgIpc) is 3.27. The molecule has 0 radical (unpaired) electrons. The van der Waals surface area contributed by atoms with Crippen LogP contribution in [0.5, 0.6) is 5.75 Å². The van der Waals surface area contributed by atoms with Crippen molar-refractivity contribution in [1.29, 1.82) is 0 Å². The van der Waals surface area contributed by atoms with Crippen molar-refractivity contribution < 1.29 is 24.2 Å². The maximum Gasteiger partial charge on any atom is 0.295 e. The van der Waals surface area contributed by atoms with Crippen LogP contribution in [0, 0.1) is 6.92 Å². The van der Waals surface area contributed by atoms with Crippen molar-refractivity contribution in [2.45, 2.75) is 46.3 Å². The molecule has 1 amide bonds. The minimum absolute atomic E-state index is 0.0425. The molecular weight excluding hydrogens is 450 g/mol. The molecule has 32 heavy (non-hydrogen) atoms. The third-order valence-electron chi connectivity index (χ3n) is 5.19. The first-order valence-electron chi connectivity index (χ1n) is 10.6. The van der Waals surface area contributed by atoms with E-state index in [1.807, 2.05) is 39.1 Å². The van der Waals surface area contributed by atoms with Crippen molar-refractivity contribution in [2.24, 2.45) is 0 Å². The smallest absolute Gasteiger partial charge is 0.295 e. The molecule has 1 saturated heterocycles. The number of aryl methyl sites for hydroxylation is 1. The Bertz CT molecular complexity index is 1030. The van der Waals surface area contributed by atoms with Gasteiger partial charge in [-0.15, -0.1) is 11.3 Å². The Morgan fingerprint density at radius 2 is 2.03 bits per heavy atom. The van der Waals surface area contributed by atoms with Crippen LogP contribution in [0.3, 0.4) is 0 Å². The lowest BCUT2D eigenvalue weighted by molar-refractivity contribution is -0.140. The summed E-state index contributed by atoms with van der Waals surface area (Å²) in [5, 5.41) is 13.4. The van der Waals surface area contributed by atoms with Gasteiger partial charge >= 0.3 is 0 Å². The molecule has 1 atom stereocenters. The van der Waals surface area contributed by atoms with E-state index in [1.54, 1.807) is 18.2 Å². The maximum atomic E-state index is 13.1. The van der Waals surface area contributed by atoms with E-state index in [1.165, 1.54) is 16.2 Å². The van der Waals surface area contributed by atoms with Gasteiger partial charge in [-0.05, 0) is 69.3 Å². The van der Waals surface area contributed by atoms with Crippen LogP contribution in [-0.4, -0.2) is 47.6 Å². The van der Waals surface area contributed by atoms with Crippen LogP contribution in [0.15, 0.2) is 35.2 Å². The van der Waals surface area contributed by atoms with Crippen LogP contribution >= 0.6 is 22.9 Å². The number of likely N-dealkylation sites (tertiary alicyclic amines) is 1. The number of aliphatic hydroxyl groups excluding tert-OH is 1. The van der Waals surface area contributed by atoms with Gasteiger partial charge in [0.25, 0.3) is 11.7 Å². The van der Waals surface area contributed by atoms with Crippen LogP contribution < -0.4 is 4.74 Å². The molecule has 0 spiro atoms. The lowest BCUT2D eigenvalue weighted by atomic mass is 9.98. The second kappa shape index (κ2) is 10.5. The van der Waals surface area contributed by atoms with Gasteiger partial charge in [-0.2, -0.15) is 0 Å². The molecule has 0 saturated carbocycles. The van der Waals surface area contributed by atoms with Crippen LogP contribution in [-0.2, 0) is 14.3 Å². The maximum absolute atomic E-state index is 13.1. The number of rotatable bonds is 9. The number of aliphatic hydroxyl groups is 1. The molecule has 2 aromatic rings. The quantitative estimate of drug-likeness (QED) is 0.228. The number of ether oxygens (including phenoxy) is 2. The number of hydrogen-bond donors (Lipinski definition) is 1. The van der Waals surface area contributed by atoms with Gasteiger partial charge in [0.2, 0.25) is 0 Å². The number of nitrogens with zero attached hydrogens (tertiary/aromatic N) is 1. The van der Waals surface area contributed by atoms with E-state index >= 15 is 0 Å². The van der Waals surface area contributed by atoms with Crippen molar-refractivity contribution in [3.63, 3.8) is 0 Å². The summed E-state index contributed by atoms with van der Waals surface area (Å²) in [5.41, 5.74) is 1.25. The molecule has 1 aliphatic rings. The number of halogens is 1. The number of amides is 1. The van der Waals surface area contributed by atoms with Crippen molar-refractivity contribution in [3.05, 3.63) is 56.2 Å². The second-order valence-corrected chi connectivity index (χ2v) is 9.16. The van der Waals surface area contributed by atoms with Crippen molar-refractivity contribution >= 4 is 40.4 Å². The third-order valence-corrected chi connectivity index (χ3v) is 6.59. The standard InChI is InChI=1S/C24H28ClNO5S/c1-5-30-16-7-8-18(25)17(13-16)21(27)19-20(23-15(4)9-12-32-23)26(24(29)22(19)28)10-6-11-31-14(2)3/h7-9,12-14,20,27H,5-6,10-11H2,1-4H3/b21-19+. The normalized spacial score (nSPS) is 18.1. The zero-order valence-electron chi connectivity index (χ0n) is 18.7. The molecule has 1 aromatic heterocycles. The van der Waals surface area contributed by atoms with Crippen molar-refractivity contribution in [2.75, 3.05) is 19.8 Å². The van der Waals surface area contributed by atoms with Gasteiger partial charge in [0.05, 0.1) is 29.3 Å². The van der Waals surface area contributed by atoms with E-state index in [4.69, 9.17) is 21.1 Å². The summed E-state index contributed by atoms with van der Waals surface area (Å²) < 4.78 is 11.1. The predicted octanol–water partition coefficient (Wildman–Crippen LogP) is 5.35. The molecule has 1 aliphatic heterocycles. The monoisotopic (exact) mass is 477 g/mol. The highest BCUT2D eigenvalue weighted by atomic mass is 35.5. The molecule has 1 unspecified atom stereocenters. The summed E-state index contributed by atoms with van der Waals surface area (Å²) >= 11 is 7.80. The van der Waals surface area contributed by atoms with E-state index in [0.717, 1.165) is 10.4 Å². The van der Waals surface area contributed by atoms with Crippen LogP contribution in [0.4, 0.5) is 0 Å². The van der Waals surface area contributed by atoms with Gasteiger partial charge in [0.1, 0.15) is 11.5 Å². The van der Waals surface area contributed by atoms with Gasteiger partial charge in [0.15, 0.2) is 0 Å². The third kappa shape index (κ3) is 5.00. The highest BCUT2D eigenvalue weighted by Crippen LogP contribution is 2.43. The van der Waals surface area contributed by atoms with Gasteiger partial charge in [-0.25, -0.2) is 0 Å². The Balaban J connectivity index is 2.07. The summed E-state index contributed by atoms with van der Waals surface area (Å²) in [6, 6.07) is 6.14. The first-order chi connectivity index (χ1) is 15.3. The van der Waals surface area contributed by atoms with Gasteiger partial charge in [0, 0.05) is 23.6 Å².